The summed E-state index contributed by atoms with van der Waals surface area (Å²) < 4.78 is 40.4. The van der Waals surface area contributed by atoms with E-state index in [1.807, 2.05) is 0 Å². The number of thioether (sulfide) groups is 1. The molecule has 0 atom stereocenters. The second-order valence-electron chi connectivity index (χ2n) is 5.37. The summed E-state index contributed by atoms with van der Waals surface area (Å²) in [5, 5.41) is 19.7. The van der Waals surface area contributed by atoms with E-state index in [0.717, 1.165) is 0 Å². The van der Waals surface area contributed by atoms with Crippen LogP contribution >= 0.6 is 11.8 Å². The monoisotopic (exact) mass is 373 g/mol. The second-order valence-corrected chi connectivity index (χ2v) is 6.33. The first kappa shape index (κ1) is 19.1. The molecule has 2 N–H and O–H groups in total. The number of halogens is 3. The zero-order valence-electron chi connectivity index (χ0n) is 12.9. The average molecular weight is 373 g/mol. The number of aryl methyl sites for hydroxylation is 1. The molecule has 10 heteroatoms. The van der Waals surface area contributed by atoms with Crippen LogP contribution in [0.25, 0.3) is 0 Å². The van der Waals surface area contributed by atoms with Crippen molar-refractivity contribution >= 4 is 23.6 Å². The summed E-state index contributed by atoms with van der Waals surface area (Å²) >= 11 is 0.696. The van der Waals surface area contributed by atoms with E-state index in [9.17, 15) is 28.0 Å². The number of carbonyl (C=O) groups excluding carboxylic acids is 1. The van der Waals surface area contributed by atoms with E-state index in [-0.39, 0.29) is 22.8 Å². The van der Waals surface area contributed by atoms with E-state index < -0.39 is 35.7 Å². The van der Waals surface area contributed by atoms with Crippen LogP contribution in [-0.2, 0) is 28.6 Å². The predicted molar refractivity (Wildman–Crippen MR) is 82.0 cm³/mol. The SMILES string of the molecule is N#Cc1c(SCC(=O)NCC(=O)O)nc2c(c1C(F)(F)F)CCCC2. The summed E-state index contributed by atoms with van der Waals surface area (Å²) in [4.78, 5) is 26.1. The fourth-order valence-electron chi connectivity index (χ4n) is 2.60. The third kappa shape index (κ3) is 4.63. The summed E-state index contributed by atoms with van der Waals surface area (Å²) in [6, 6.07) is 1.57. The van der Waals surface area contributed by atoms with E-state index in [1.54, 1.807) is 6.07 Å². The van der Waals surface area contributed by atoms with Crippen molar-refractivity contribution in [1.29, 1.82) is 5.26 Å². The molecule has 0 spiro atoms. The number of carbonyl (C=O) groups is 2. The molecular formula is C15H14F3N3O3S. The number of amides is 1. The molecule has 0 saturated carbocycles. The molecule has 1 aromatic rings. The van der Waals surface area contributed by atoms with Crippen LogP contribution < -0.4 is 5.32 Å². The number of rotatable bonds is 5. The maximum Gasteiger partial charge on any atom is 0.418 e. The van der Waals surface area contributed by atoms with Crippen LogP contribution in [0.2, 0.25) is 0 Å². The summed E-state index contributed by atoms with van der Waals surface area (Å²) in [5.41, 5.74) is -1.17. The normalized spacial score (nSPS) is 13.7. The second kappa shape index (κ2) is 7.74. The van der Waals surface area contributed by atoms with Crippen LogP contribution in [0.15, 0.2) is 5.03 Å². The molecule has 1 heterocycles. The van der Waals surface area contributed by atoms with Gasteiger partial charge in [0, 0.05) is 5.69 Å². The largest absolute Gasteiger partial charge is 0.480 e. The van der Waals surface area contributed by atoms with E-state index in [2.05, 4.69) is 10.3 Å². The van der Waals surface area contributed by atoms with Crippen molar-refractivity contribution in [3.63, 3.8) is 0 Å². The fraction of sp³-hybridized carbons (Fsp3) is 0.467. The first-order valence-corrected chi connectivity index (χ1v) is 8.37. The first-order chi connectivity index (χ1) is 11.7. The van der Waals surface area contributed by atoms with Gasteiger partial charge >= 0.3 is 12.1 Å². The van der Waals surface area contributed by atoms with Crippen LogP contribution in [0.5, 0.6) is 0 Å². The lowest BCUT2D eigenvalue weighted by Crippen LogP contribution is -2.30. The van der Waals surface area contributed by atoms with Gasteiger partial charge in [0.1, 0.15) is 17.6 Å². The maximum atomic E-state index is 13.5. The number of fused-ring (bicyclic) bond motifs is 1. The van der Waals surface area contributed by atoms with E-state index in [0.29, 0.717) is 36.7 Å². The number of alkyl halides is 3. The van der Waals surface area contributed by atoms with Gasteiger partial charge in [-0.15, -0.1) is 0 Å². The Morgan fingerprint density at radius 2 is 2.00 bits per heavy atom. The fourth-order valence-corrected chi connectivity index (χ4v) is 3.44. The summed E-state index contributed by atoms with van der Waals surface area (Å²) in [6.07, 6.45) is -2.76. The Morgan fingerprint density at radius 1 is 1.32 bits per heavy atom. The Morgan fingerprint density at radius 3 is 2.60 bits per heavy atom. The average Bonchev–Trinajstić information content (AvgIpc) is 2.55. The Labute approximate surface area is 145 Å². The number of nitrogens with zero attached hydrogens (tertiary/aromatic N) is 2. The van der Waals surface area contributed by atoms with Gasteiger partial charge in [-0.2, -0.15) is 18.4 Å². The minimum atomic E-state index is -4.68. The molecule has 25 heavy (non-hydrogen) atoms. The molecule has 1 aliphatic carbocycles. The number of aliphatic carboxylic acids is 1. The molecule has 0 fully saturated rings. The zero-order chi connectivity index (χ0) is 18.6. The van der Waals surface area contributed by atoms with E-state index >= 15 is 0 Å². The van der Waals surface area contributed by atoms with Gasteiger partial charge in [-0.1, -0.05) is 11.8 Å². The third-order valence-electron chi connectivity index (χ3n) is 3.61. The zero-order valence-corrected chi connectivity index (χ0v) is 13.8. The third-order valence-corrected chi connectivity index (χ3v) is 4.59. The first-order valence-electron chi connectivity index (χ1n) is 7.38. The Balaban J connectivity index is 2.33. The highest BCUT2D eigenvalue weighted by atomic mass is 32.2. The van der Waals surface area contributed by atoms with Gasteiger partial charge in [-0.3, -0.25) is 9.59 Å². The van der Waals surface area contributed by atoms with Gasteiger partial charge in [0.15, 0.2) is 0 Å². The molecule has 1 aromatic heterocycles. The van der Waals surface area contributed by atoms with Crippen molar-refractivity contribution in [2.75, 3.05) is 12.3 Å². The number of carboxylic acid groups (broad SMARTS) is 1. The molecule has 1 aliphatic rings. The predicted octanol–water partition coefficient (Wildman–Crippen LogP) is 2.14. The van der Waals surface area contributed by atoms with Gasteiger partial charge in [-0.05, 0) is 31.2 Å². The van der Waals surface area contributed by atoms with Crippen molar-refractivity contribution in [3.8, 4) is 6.07 Å². The van der Waals surface area contributed by atoms with Gasteiger partial charge in [-0.25, -0.2) is 4.98 Å². The topological polar surface area (TPSA) is 103 Å². The van der Waals surface area contributed by atoms with Gasteiger partial charge < -0.3 is 10.4 Å². The lowest BCUT2D eigenvalue weighted by molar-refractivity contribution is -0.139. The van der Waals surface area contributed by atoms with Gasteiger partial charge in [0.05, 0.1) is 16.9 Å². The number of nitriles is 1. The molecule has 0 radical (unpaired) electrons. The molecule has 0 bridgehead atoms. The molecule has 2 rings (SSSR count). The van der Waals surface area contributed by atoms with Gasteiger partial charge in [0.2, 0.25) is 5.91 Å². The molecular weight excluding hydrogens is 359 g/mol. The molecule has 0 saturated heterocycles. The van der Waals surface area contributed by atoms with Crippen LogP contribution in [0.3, 0.4) is 0 Å². The standard InChI is InChI=1S/C15H14F3N3O3S/c16-15(17,18)13-8-3-1-2-4-10(8)21-14(9(13)5-19)25-7-11(22)20-6-12(23)24/h1-4,6-7H2,(H,20,22)(H,23,24). The van der Waals surface area contributed by atoms with Crippen molar-refractivity contribution in [2.45, 2.75) is 36.9 Å². The highest BCUT2D eigenvalue weighted by Crippen LogP contribution is 2.41. The Bertz CT molecular complexity index is 744. The Kier molecular flexibility index (Phi) is 5.89. The Hall–Kier alpha value is -2.28. The van der Waals surface area contributed by atoms with Crippen LogP contribution in [0, 0.1) is 11.3 Å². The van der Waals surface area contributed by atoms with Crippen molar-refractivity contribution in [2.24, 2.45) is 0 Å². The van der Waals surface area contributed by atoms with Crippen LogP contribution in [0.1, 0.15) is 35.2 Å². The number of carboxylic acids is 1. The lowest BCUT2D eigenvalue weighted by Gasteiger charge is -2.22. The van der Waals surface area contributed by atoms with Crippen molar-refractivity contribution in [3.05, 3.63) is 22.4 Å². The number of hydrogen-bond acceptors (Lipinski definition) is 5. The molecule has 1 amide bonds. The lowest BCUT2D eigenvalue weighted by atomic mass is 9.90. The highest BCUT2D eigenvalue weighted by Gasteiger charge is 2.39. The molecule has 0 unspecified atom stereocenters. The quantitative estimate of drug-likeness (QED) is 0.767. The van der Waals surface area contributed by atoms with Crippen LogP contribution in [-0.4, -0.2) is 34.3 Å². The smallest absolute Gasteiger partial charge is 0.418 e. The summed E-state index contributed by atoms with van der Waals surface area (Å²) in [7, 11) is 0. The van der Waals surface area contributed by atoms with E-state index in [1.165, 1.54) is 0 Å². The molecule has 6 nitrogen and oxygen atoms in total. The molecule has 0 aromatic carbocycles. The number of nitrogens with one attached hydrogen (secondary N) is 1. The number of hydrogen-bond donors (Lipinski definition) is 2. The number of aromatic nitrogens is 1. The molecule has 134 valence electrons. The molecule has 0 aliphatic heterocycles. The summed E-state index contributed by atoms with van der Waals surface area (Å²) in [6.45, 7) is -0.587. The van der Waals surface area contributed by atoms with Gasteiger partial charge in [0.25, 0.3) is 0 Å². The van der Waals surface area contributed by atoms with Crippen molar-refractivity contribution in [1.82, 2.24) is 10.3 Å². The van der Waals surface area contributed by atoms with Crippen LogP contribution in [0.4, 0.5) is 13.2 Å². The minimum absolute atomic E-state index is 0.0648. The highest BCUT2D eigenvalue weighted by molar-refractivity contribution is 8.00. The van der Waals surface area contributed by atoms with E-state index in [4.69, 9.17) is 5.11 Å². The van der Waals surface area contributed by atoms with Crippen molar-refractivity contribution < 1.29 is 27.9 Å². The summed E-state index contributed by atoms with van der Waals surface area (Å²) in [5.74, 6) is -2.22. The maximum absolute atomic E-state index is 13.5. The minimum Gasteiger partial charge on any atom is -0.480 e. The number of pyridine rings is 1.